The first-order valence-electron chi connectivity index (χ1n) is 6.64. The first kappa shape index (κ1) is 16.7. The molecule has 6 heteroatoms. The van der Waals surface area contributed by atoms with Gasteiger partial charge in [0.25, 0.3) is 0 Å². The molecule has 1 aromatic rings. The normalized spacial score (nSPS) is 9.71. The minimum Gasteiger partial charge on any atom is -0.461 e. The van der Waals surface area contributed by atoms with Gasteiger partial charge in [0, 0.05) is 6.54 Å². The van der Waals surface area contributed by atoms with Crippen molar-refractivity contribution in [2.75, 3.05) is 19.8 Å². The summed E-state index contributed by atoms with van der Waals surface area (Å²) in [7, 11) is 0. The van der Waals surface area contributed by atoms with E-state index in [2.05, 4.69) is 17.2 Å². The highest BCUT2D eigenvalue weighted by Crippen LogP contribution is 2.00. The summed E-state index contributed by atoms with van der Waals surface area (Å²) >= 11 is 0. The number of carbonyl (C=O) groups is 2. The van der Waals surface area contributed by atoms with Crippen molar-refractivity contribution < 1.29 is 19.1 Å². The molecule has 0 bridgehead atoms. The van der Waals surface area contributed by atoms with Crippen LogP contribution in [0.5, 0.6) is 0 Å². The molecule has 1 rings (SSSR count). The fraction of sp³-hybridized carbons (Fsp3) is 0.333. The van der Waals surface area contributed by atoms with Crippen LogP contribution in [0.2, 0.25) is 0 Å². The molecule has 0 fully saturated rings. The average molecular weight is 292 g/mol. The standard InChI is InChI=1S/C15H20N2O4/c1-2-10-20-14(18)8-9-16-12-17-15(19)21-11-13-6-4-3-5-7-13/h2-7,16H,1,8-12H2,(H,17,19). The zero-order valence-corrected chi connectivity index (χ0v) is 11.8. The quantitative estimate of drug-likeness (QED) is 0.313. The lowest BCUT2D eigenvalue weighted by atomic mass is 10.2. The van der Waals surface area contributed by atoms with Gasteiger partial charge in [-0.2, -0.15) is 0 Å². The van der Waals surface area contributed by atoms with E-state index in [1.165, 1.54) is 6.08 Å². The summed E-state index contributed by atoms with van der Waals surface area (Å²) in [6, 6.07) is 9.40. The number of ether oxygens (including phenoxy) is 2. The lowest BCUT2D eigenvalue weighted by molar-refractivity contribution is -0.142. The molecule has 0 saturated heterocycles. The Balaban J connectivity index is 2.01. The number of esters is 1. The summed E-state index contributed by atoms with van der Waals surface area (Å²) in [4.78, 5) is 22.5. The van der Waals surface area contributed by atoms with Crippen LogP contribution in [-0.2, 0) is 20.9 Å². The van der Waals surface area contributed by atoms with Gasteiger partial charge in [0.1, 0.15) is 13.2 Å². The SMILES string of the molecule is C=CCOC(=O)CCNCNC(=O)OCc1ccccc1. The van der Waals surface area contributed by atoms with Gasteiger partial charge < -0.3 is 14.8 Å². The molecule has 0 aromatic heterocycles. The first-order valence-corrected chi connectivity index (χ1v) is 6.64. The Kier molecular flexibility index (Phi) is 8.32. The van der Waals surface area contributed by atoms with E-state index in [-0.39, 0.29) is 32.3 Å². The predicted octanol–water partition coefficient (Wildman–Crippen LogP) is 1.58. The van der Waals surface area contributed by atoms with Gasteiger partial charge >= 0.3 is 12.1 Å². The van der Waals surface area contributed by atoms with Crippen LogP contribution in [0.25, 0.3) is 0 Å². The molecular formula is C15H20N2O4. The van der Waals surface area contributed by atoms with Gasteiger partial charge in [0.15, 0.2) is 0 Å². The van der Waals surface area contributed by atoms with Gasteiger partial charge in [-0.05, 0) is 5.56 Å². The molecule has 0 radical (unpaired) electrons. The Bertz CT molecular complexity index is 448. The third kappa shape index (κ3) is 8.43. The van der Waals surface area contributed by atoms with Crippen LogP contribution in [-0.4, -0.2) is 31.9 Å². The van der Waals surface area contributed by atoms with Crippen molar-refractivity contribution in [2.45, 2.75) is 13.0 Å². The number of rotatable bonds is 9. The highest BCUT2D eigenvalue weighted by molar-refractivity contribution is 5.69. The monoisotopic (exact) mass is 292 g/mol. The van der Waals surface area contributed by atoms with Gasteiger partial charge in [-0.1, -0.05) is 43.0 Å². The van der Waals surface area contributed by atoms with E-state index < -0.39 is 6.09 Å². The summed E-state index contributed by atoms with van der Waals surface area (Å²) < 4.78 is 9.81. The maximum atomic E-state index is 11.4. The Hall–Kier alpha value is -2.34. The van der Waals surface area contributed by atoms with Gasteiger partial charge in [0.05, 0.1) is 13.1 Å². The predicted molar refractivity (Wildman–Crippen MR) is 78.4 cm³/mol. The molecule has 21 heavy (non-hydrogen) atoms. The highest BCUT2D eigenvalue weighted by Gasteiger charge is 2.03. The Morgan fingerprint density at radius 2 is 1.95 bits per heavy atom. The topological polar surface area (TPSA) is 76.7 Å². The lowest BCUT2D eigenvalue weighted by Crippen LogP contribution is -2.35. The molecule has 0 unspecified atom stereocenters. The lowest BCUT2D eigenvalue weighted by Gasteiger charge is -2.08. The zero-order valence-electron chi connectivity index (χ0n) is 11.8. The van der Waals surface area contributed by atoms with E-state index in [1.54, 1.807) is 0 Å². The van der Waals surface area contributed by atoms with E-state index in [4.69, 9.17) is 9.47 Å². The number of amides is 1. The van der Waals surface area contributed by atoms with Gasteiger partial charge in [0.2, 0.25) is 0 Å². The number of hydrogen-bond acceptors (Lipinski definition) is 5. The summed E-state index contributed by atoms with van der Waals surface area (Å²) in [6.07, 6.45) is 1.23. The number of nitrogens with one attached hydrogen (secondary N) is 2. The summed E-state index contributed by atoms with van der Waals surface area (Å²) in [5.74, 6) is -0.311. The molecule has 2 N–H and O–H groups in total. The van der Waals surface area contributed by atoms with Crippen LogP contribution in [0.4, 0.5) is 4.79 Å². The number of hydrogen-bond donors (Lipinski definition) is 2. The molecular weight excluding hydrogens is 272 g/mol. The third-order valence-corrected chi connectivity index (χ3v) is 2.44. The van der Waals surface area contributed by atoms with E-state index in [9.17, 15) is 9.59 Å². The number of carbonyl (C=O) groups excluding carboxylic acids is 2. The molecule has 0 atom stereocenters. The van der Waals surface area contributed by atoms with Crippen LogP contribution in [0.1, 0.15) is 12.0 Å². The largest absolute Gasteiger partial charge is 0.461 e. The van der Waals surface area contributed by atoms with Crippen molar-refractivity contribution in [1.29, 1.82) is 0 Å². The van der Waals surface area contributed by atoms with Gasteiger partial charge in [-0.25, -0.2) is 4.79 Å². The van der Waals surface area contributed by atoms with Crippen molar-refractivity contribution in [3.63, 3.8) is 0 Å². The summed E-state index contributed by atoms with van der Waals surface area (Å²) in [6.45, 7) is 4.52. The maximum absolute atomic E-state index is 11.4. The van der Waals surface area contributed by atoms with E-state index >= 15 is 0 Å². The van der Waals surface area contributed by atoms with Crippen molar-refractivity contribution in [3.05, 3.63) is 48.6 Å². The maximum Gasteiger partial charge on any atom is 0.408 e. The van der Waals surface area contributed by atoms with Crippen molar-refractivity contribution in [1.82, 2.24) is 10.6 Å². The minimum absolute atomic E-state index is 0.211. The fourth-order valence-electron chi connectivity index (χ4n) is 1.41. The first-order chi connectivity index (χ1) is 10.2. The smallest absolute Gasteiger partial charge is 0.408 e. The molecule has 0 saturated carbocycles. The van der Waals surface area contributed by atoms with Crippen LogP contribution < -0.4 is 10.6 Å². The molecule has 114 valence electrons. The van der Waals surface area contributed by atoms with Crippen molar-refractivity contribution in [2.24, 2.45) is 0 Å². The van der Waals surface area contributed by atoms with Gasteiger partial charge in [-0.3, -0.25) is 10.1 Å². The van der Waals surface area contributed by atoms with Crippen LogP contribution in [0.15, 0.2) is 43.0 Å². The molecule has 0 spiro atoms. The molecule has 1 amide bonds. The Morgan fingerprint density at radius 1 is 1.19 bits per heavy atom. The van der Waals surface area contributed by atoms with Crippen molar-refractivity contribution in [3.8, 4) is 0 Å². The molecule has 0 aliphatic rings. The number of alkyl carbamates (subject to hydrolysis) is 1. The van der Waals surface area contributed by atoms with Crippen LogP contribution in [0, 0.1) is 0 Å². The molecule has 0 aliphatic carbocycles. The summed E-state index contributed by atoms with van der Waals surface area (Å²) in [5.41, 5.74) is 0.922. The fourth-order valence-corrected chi connectivity index (χ4v) is 1.41. The second-order valence-electron chi connectivity index (χ2n) is 4.14. The molecule has 1 aromatic carbocycles. The van der Waals surface area contributed by atoms with Gasteiger partial charge in [-0.15, -0.1) is 0 Å². The second kappa shape index (κ2) is 10.4. The summed E-state index contributed by atoms with van der Waals surface area (Å²) in [5, 5.41) is 5.41. The van der Waals surface area contributed by atoms with Crippen molar-refractivity contribution >= 4 is 12.1 Å². The van der Waals surface area contributed by atoms with Crippen LogP contribution >= 0.6 is 0 Å². The van der Waals surface area contributed by atoms with E-state index in [1.807, 2.05) is 30.3 Å². The molecule has 0 aliphatic heterocycles. The Morgan fingerprint density at radius 3 is 2.67 bits per heavy atom. The minimum atomic E-state index is -0.513. The zero-order chi connectivity index (χ0) is 15.3. The molecule has 0 heterocycles. The number of benzene rings is 1. The average Bonchev–Trinajstić information content (AvgIpc) is 2.51. The van der Waals surface area contributed by atoms with Crippen LogP contribution in [0.3, 0.4) is 0 Å². The third-order valence-electron chi connectivity index (χ3n) is 2.44. The highest BCUT2D eigenvalue weighted by atomic mass is 16.5. The Labute approximate surface area is 124 Å². The second-order valence-corrected chi connectivity index (χ2v) is 4.14. The van der Waals surface area contributed by atoms with E-state index in [0.717, 1.165) is 5.56 Å². The van der Waals surface area contributed by atoms with E-state index in [0.29, 0.717) is 6.54 Å². The molecule has 6 nitrogen and oxygen atoms in total.